The molecule has 2 amide bonds. The number of amides is 2. The molecule has 7 heteroatoms. The zero-order chi connectivity index (χ0) is 18.9. The van der Waals surface area contributed by atoms with Crippen molar-refractivity contribution >= 4 is 29.3 Å². The van der Waals surface area contributed by atoms with Crippen molar-refractivity contribution in [3.8, 4) is 0 Å². The number of hydrogen-bond donors (Lipinski definition) is 1. The van der Waals surface area contributed by atoms with E-state index in [1.54, 1.807) is 36.4 Å². The molecule has 0 fully saturated rings. The molecule has 0 radical (unpaired) electrons. The Labute approximate surface area is 156 Å². The first-order valence-corrected chi connectivity index (χ1v) is 8.48. The van der Waals surface area contributed by atoms with Crippen LogP contribution in [0.2, 0.25) is 5.02 Å². The molecule has 0 aromatic heterocycles. The summed E-state index contributed by atoms with van der Waals surface area (Å²) in [4.78, 5) is 25.5. The van der Waals surface area contributed by atoms with Gasteiger partial charge in [-0.15, -0.1) is 0 Å². The fraction of sp³-hybridized carbons (Fsp3) is 0.263. The van der Waals surface area contributed by atoms with Crippen LogP contribution in [0.5, 0.6) is 0 Å². The number of nitrogens with one attached hydrogen (secondary N) is 1. The van der Waals surface area contributed by atoms with Gasteiger partial charge < -0.3 is 15.0 Å². The third-order valence-corrected chi connectivity index (χ3v) is 4.03. The third kappa shape index (κ3) is 6.37. The molecule has 0 saturated carbocycles. The summed E-state index contributed by atoms with van der Waals surface area (Å²) in [5, 5.41) is 3.34. The molecular formula is C19H20ClFN2O3. The monoisotopic (exact) mass is 378 g/mol. The average molecular weight is 379 g/mol. The van der Waals surface area contributed by atoms with Crippen LogP contribution in [0.15, 0.2) is 48.5 Å². The summed E-state index contributed by atoms with van der Waals surface area (Å²) >= 11 is 5.84. The molecule has 0 unspecified atom stereocenters. The van der Waals surface area contributed by atoms with Gasteiger partial charge in [0.2, 0.25) is 0 Å². The molecule has 2 aromatic rings. The molecule has 2 rings (SSSR count). The number of halogens is 2. The lowest BCUT2D eigenvalue weighted by atomic mass is 10.1. The second-order valence-corrected chi connectivity index (χ2v) is 6.06. The van der Waals surface area contributed by atoms with Crippen LogP contribution in [0.3, 0.4) is 0 Å². The lowest BCUT2D eigenvalue weighted by Gasteiger charge is -2.23. The molecule has 0 atom stereocenters. The lowest BCUT2D eigenvalue weighted by Crippen LogP contribution is -2.38. The Kier molecular flexibility index (Phi) is 7.41. The topological polar surface area (TPSA) is 58.6 Å². The van der Waals surface area contributed by atoms with E-state index in [1.807, 2.05) is 0 Å². The van der Waals surface area contributed by atoms with E-state index in [0.717, 1.165) is 5.56 Å². The summed E-state index contributed by atoms with van der Waals surface area (Å²) < 4.78 is 17.6. The normalized spacial score (nSPS) is 10.3. The fourth-order valence-electron chi connectivity index (χ4n) is 2.29. The van der Waals surface area contributed by atoms with Crippen molar-refractivity contribution in [1.29, 1.82) is 0 Å². The number of hydrogen-bond acceptors (Lipinski definition) is 3. The minimum atomic E-state index is -0.393. The molecule has 26 heavy (non-hydrogen) atoms. The van der Waals surface area contributed by atoms with Crippen molar-refractivity contribution in [1.82, 2.24) is 4.90 Å². The van der Waals surface area contributed by atoms with Crippen LogP contribution in [-0.4, -0.2) is 37.1 Å². The number of carbonyl (C=O) groups is 2. The van der Waals surface area contributed by atoms with E-state index in [2.05, 4.69) is 10.1 Å². The maximum atomic E-state index is 13.0. The van der Waals surface area contributed by atoms with Crippen molar-refractivity contribution in [2.45, 2.75) is 12.8 Å². The number of methoxy groups -OCH3 is 1. The van der Waals surface area contributed by atoms with E-state index in [9.17, 15) is 14.0 Å². The number of esters is 1. The maximum absolute atomic E-state index is 13.0. The van der Waals surface area contributed by atoms with Crippen LogP contribution < -0.4 is 5.32 Å². The van der Waals surface area contributed by atoms with Gasteiger partial charge in [-0.2, -0.15) is 0 Å². The molecule has 0 aliphatic carbocycles. The highest BCUT2D eigenvalue weighted by Crippen LogP contribution is 2.14. The van der Waals surface area contributed by atoms with Crippen LogP contribution in [0.1, 0.15) is 12.0 Å². The van der Waals surface area contributed by atoms with Gasteiger partial charge in [-0.3, -0.25) is 4.79 Å². The number of carbonyl (C=O) groups excluding carboxylic acids is 2. The van der Waals surface area contributed by atoms with Gasteiger partial charge in [0.05, 0.1) is 13.5 Å². The Bertz CT molecular complexity index is 735. The molecular weight excluding hydrogens is 359 g/mol. The highest BCUT2D eigenvalue weighted by molar-refractivity contribution is 6.30. The molecule has 0 saturated heterocycles. The van der Waals surface area contributed by atoms with Gasteiger partial charge in [0.15, 0.2) is 0 Å². The van der Waals surface area contributed by atoms with Crippen molar-refractivity contribution < 1.29 is 18.7 Å². The number of benzene rings is 2. The van der Waals surface area contributed by atoms with Gasteiger partial charge in [0, 0.05) is 23.8 Å². The molecule has 0 bridgehead atoms. The van der Waals surface area contributed by atoms with E-state index in [-0.39, 0.29) is 24.8 Å². The van der Waals surface area contributed by atoms with Crippen molar-refractivity contribution in [2.24, 2.45) is 0 Å². The first kappa shape index (κ1) is 19.7. The summed E-state index contributed by atoms with van der Waals surface area (Å²) in [6.45, 7) is 0.593. The molecule has 2 aromatic carbocycles. The van der Waals surface area contributed by atoms with Crippen molar-refractivity contribution in [2.75, 3.05) is 25.5 Å². The summed E-state index contributed by atoms with van der Waals surface area (Å²) in [7, 11) is 1.30. The summed E-state index contributed by atoms with van der Waals surface area (Å²) in [6, 6.07) is 12.5. The van der Waals surface area contributed by atoms with Crippen molar-refractivity contribution in [3.63, 3.8) is 0 Å². The second-order valence-electron chi connectivity index (χ2n) is 5.63. The maximum Gasteiger partial charge on any atom is 0.321 e. The summed E-state index contributed by atoms with van der Waals surface area (Å²) in [5.74, 6) is -0.701. The van der Waals surface area contributed by atoms with E-state index in [0.29, 0.717) is 23.7 Å². The standard InChI is InChI=1S/C19H20ClFN2O3/c1-26-18(24)11-13-23(12-10-14-2-6-16(21)7-3-14)19(25)22-17-8-4-15(20)5-9-17/h2-9H,10-13H2,1H3,(H,22,25). The van der Waals surface area contributed by atoms with Gasteiger partial charge in [0.1, 0.15) is 5.82 Å². The number of nitrogens with zero attached hydrogens (tertiary/aromatic N) is 1. The van der Waals surface area contributed by atoms with Crippen molar-refractivity contribution in [3.05, 3.63) is 64.9 Å². The largest absolute Gasteiger partial charge is 0.469 e. The highest BCUT2D eigenvalue weighted by Gasteiger charge is 2.15. The van der Waals surface area contributed by atoms with Gasteiger partial charge in [-0.1, -0.05) is 23.7 Å². The molecule has 0 aliphatic rings. The van der Waals surface area contributed by atoms with E-state index in [4.69, 9.17) is 11.6 Å². The molecule has 0 aliphatic heterocycles. The smallest absolute Gasteiger partial charge is 0.321 e. The van der Waals surface area contributed by atoms with E-state index < -0.39 is 5.97 Å². The zero-order valence-electron chi connectivity index (χ0n) is 14.4. The Morgan fingerprint density at radius 2 is 1.73 bits per heavy atom. The van der Waals surface area contributed by atoms with Gasteiger partial charge >= 0.3 is 12.0 Å². The number of rotatable bonds is 7. The van der Waals surface area contributed by atoms with Crippen LogP contribution >= 0.6 is 11.6 Å². The van der Waals surface area contributed by atoms with Crippen LogP contribution in [0.4, 0.5) is 14.9 Å². The predicted molar refractivity (Wildman–Crippen MR) is 98.8 cm³/mol. The summed E-state index contributed by atoms with van der Waals surface area (Å²) in [6.07, 6.45) is 0.628. The van der Waals surface area contributed by atoms with E-state index in [1.165, 1.54) is 24.1 Å². The molecule has 1 N–H and O–H groups in total. The Balaban J connectivity index is 2.00. The number of anilines is 1. The van der Waals surface area contributed by atoms with Crippen LogP contribution in [0.25, 0.3) is 0 Å². The molecule has 138 valence electrons. The Hall–Kier alpha value is -2.60. The zero-order valence-corrected chi connectivity index (χ0v) is 15.1. The quantitative estimate of drug-likeness (QED) is 0.737. The highest BCUT2D eigenvalue weighted by atomic mass is 35.5. The summed E-state index contributed by atoms with van der Waals surface area (Å²) in [5.41, 5.74) is 1.50. The first-order valence-electron chi connectivity index (χ1n) is 8.10. The van der Waals surface area contributed by atoms with Gasteiger partial charge in [0.25, 0.3) is 0 Å². The fourth-order valence-corrected chi connectivity index (χ4v) is 2.42. The molecule has 0 spiro atoms. The second kappa shape index (κ2) is 9.77. The number of ether oxygens (including phenoxy) is 1. The predicted octanol–water partition coefficient (Wildman–Crippen LogP) is 4.12. The van der Waals surface area contributed by atoms with Gasteiger partial charge in [-0.25, -0.2) is 9.18 Å². The lowest BCUT2D eigenvalue weighted by molar-refractivity contribution is -0.140. The first-order chi connectivity index (χ1) is 12.5. The van der Waals surface area contributed by atoms with Gasteiger partial charge in [-0.05, 0) is 48.4 Å². The SMILES string of the molecule is COC(=O)CCN(CCc1ccc(F)cc1)C(=O)Nc1ccc(Cl)cc1. The molecule has 0 heterocycles. The molecule has 5 nitrogen and oxygen atoms in total. The van der Waals surface area contributed by atoms with Crippen LogP contribution in [0, 0.1) is 5.82 Å². The third-order valence-electron chi connectivity index (χ3n) is 3.78. The van der Waals surface area contributed by atoms with E-state index >= 15 is 0 Å². The minimum Gasteiger partial charge on any atom is -0.469 e. The Morgan fingerprint density at radius 1 is 1.08 bits per heavy atom. The van der Waals surface area contributed by atoms with Crippen LogP contribution in [-0.2, 0) is 16.0 Å². The number of urea groups is 1. The minimum absolute atomic E-state index is 0.0912. The average Bonchev–Trinajstić information content (AvgIpc) is 2.64. The Morgan fingerprint density at radius 3 is 2.35 bits per heavy atom.